The van der Waals surface area contributed by atoms with Crippen LogP contribution in [0.3, 0.4) is 0 Å². The predicted octanol–water partition coefficient (Wildman–Crippen LogP) is 4.51. The zero-order valence-electron chi connectivity index (χ0n) is 20.3. The van der Waals surface area contributed by atoms with Gasteiger partial charge in [-0.25, -0.2) is 17.9 Å². The van der Waals surface area contributed by atoms with E-state index in [1.54, 1.807) is 24.3 Å². The van der Waals surface area contributed by atoms with Gasteiger partial charge in [0.1, 0.15) is 6.10 Å². The van der Waals surface area contributed by atoms with Gasteiger partial charge in [-0.1, -0.05) is 62.7 Å². The largest absolute Gasteiger partial charge is 0.454 e. The van der Waals surface area contributed by atoms with Gasteiger partial charge in [-0.3, -0.25) is 4.99 Å². The first-order valence-corrected chi connectivity index (χ1v) is 13.4. The highest BCUT2D eigenvalue weighted by molar-refractivity contribution is 7.89. The van der Waals surface area contributed by atoms with Crippen LogP contribution in [0.15, 0.2) is 58.4 Å². The zero-order chi connectivity index (χ0) is 24.5. The molecule has 0 radical (unpaired) electrons. The lowest BCUT2D eigenvalue weighted by Gasteiger charge is -2.37. The summed E-state index contributed by atoms with van der Waals surface area (Å²) in [7, 11) is -3.91. The van der Waals surface area contributed by atoms with Crippen LogP contribution in [0.25, 0.3) is 0 Å². The van der Waals surface area contributed by atoms with Crippen molar-refractivity contribution >= 4 is 21.7 Å². The second-order valence-corrected chi connectivity index (χ2v) is 12.5. The van der Waals surface area contributed by atoms with E-state index in [0.29, 0.717) is 0 Å². The topological polar surface area (TPSA) is 84.8 Å². The minimum atomic E-state index is -3.91. The van der Waals surface area contributed by atoms with Gasteiger partial charge in [-0.2, -0.15) is 0 Å². The van der Waals surface area contributed by atoms with Crippen molar-refractivity contribution in [3.8, 4) is 0 Å². The molecule has 1 aliphatic heterocycles. The summed E-state index contributed by atoms with van der Waals surface area (Å²) >= 11 is 0. The van der Waals surface area contributed by atoms with E-state index in [4.69, 9.17) is 9.73 Å². The van der Waals surface area contributed by atoms with E-state index in [9.17, 15) is 13.2 Å². The SMILES string of the molecule is Cc1ccc(S(=O)(=O)N[C@H](c2ccccc2C)[C@@H]2N=C3[C@H](OC2=O)[C@H]2CC[C@]3(C)C2(C)C)cc1. The minimum Gasteiger partial charge on any atom is -0.454 e. The van der Waals surface area contributed by atoms with Crippen LogP contribution in [0.2, 0.25) is 0 Å². The van der Waals surface area contributed by atoms with Crippen molar-refractivity contribution in [2.24, 2.45) is 21.7 Å². The van der Waals surface area contributed by atoms with Gasteiger partial charge in [0.05, 0.1) is 16.6 Å². The Balaban J connectivity index is 1.60. The number of aryl methyl sites for hydroxylation is 2. The van der Waals surface area contributed by atoms with Gasteiger partial charge in [0, 0.05) is 11.3 Å². The Kier molecular flexibility index (Phi) is 5.30. The highest BCUT2D eigenvalue weighted by atomic mass is 32.2. The van der Waals surface area contributed by atoms with Crippen molar-refractivity contribution in [2.75, 3.05) is 0 Å². The van der Waals surface area contributed by atoms with Crippen molar-refractivity contribution in [3.63, 3.8) is 0 Å². The van der Waals surface area contributed by atoms with Gasteiger partial charge in [0.15, 0.2) is 6.04 Å². The van der Waals surface area contributed by atoms with Crippen LogP contribution >= 0.6 is 0 Å². The van der Waals surface area contributed by atoms with E-state index in [1.165, 1.54) is 0 Å². The number of carbonyl (C=O) groups excluding carboxylic acids is 1. The van der Waals surface area contributed by atoms with E-state index in [2.05, 4.69) is 25.5 Å². The van der Waals surface area contributed by atoms with Crippen LogP contribution in [-0.4, -0.2) is 32.2 Å². The van der Waals surface area contributed by atoms with Crippen molar-refractivity contribution in [3.05, 3.63) is 65.2 Å². The van der Waals surface area contributed by atoms with Crippen molar-refractivity contribution in [2.45, 2.75) is 70.5 Å². The Labute approximate surface area is 201 Å². The van der Waals surface area contributed by atoms with Gasteiger partial charge in [-0.15, -0.1) is 0 Å². The van der Waals surface area contributed by atoms with Crippen LogP contribution in [-0.2, 0) is 19.6 Å². The molecule has 2 aromatic rings. The number of esters is 1. The molecule has 2 fully saturated rings. The molecule has 3 aliphatic rings. The summed E-state index contributed by atoms with van der Waals surface area (Å²) in [4.78, 5) is 18.5. The molecule has 2 aliphatic carbocycles. The molecule has 1 heterocycles. The molecule has 1 N–H and O–H groups in total. The molecule has 0 aromatic heterocycles. The molecule has 0 saturated heterocycles. The maximum absolute atomic E-state index is 13.4. The molecule has 6 nitrogen and oxygen atoms in total. The van der Waals surface area contributed by atoms with Crippen LogP contribution in [0.4, 0.5) is 0 Å². The quantitative estimate of drug-likeness (QED) is 0.638. The average molecular weight is 481 g/mol. The third-order valence-corrected chi connectivity index (χ3v) is 10.2. The molecule has 5 atom stereocenters. The average Bonchev–Trinajstić information content (AvgIpc) is 3.10. The van der Waals surface area contributed by atoms with Gasteiger partial charge in [-0.05, 0) is 55.4 Å². The molecular weight excluding hydrogens is 448 g/mol. The molecule has 2 aromatic carbocycles. The number of benzene rings is 2. The monoisotopic (exact) mass is 480 g/mol. The highest BCUT2D eigenvalue weighted by Crippen LogP contribution is 2.65. The second-order valence-electron chi connectivity index (χ2n) is 10.8. The van der Waals surface area contributed by atoms with Gasteiger partial charge in [0.2, 0.25) is 10.0 Å². The standard InChI is InChI=1S/C27H32N2O4S/c1-16-10-12-18(13-11-16)34(31,32)29-21(19-9-7-6-8-17(19)2)22-25(30)33-23-20-14-15-27(5,24(23)28-22)26(20,3)4/h6-13,20-23,29H,14-15H2,1-5H3/t20-,21-,22+,23-,27+/m1/s1. The smallest absolute Gasteiger partial charge is 0.333 e. The molecule has 0 amide bonds. The zero-order valence-corrected chi connectivity index (χ0v) is 21.1. The normalized spacial score (nSPS) is 30.4. The molecule has 0 unspecified atom stereocenters. The van der Waals surface area contributed by atoms with Gasteiger partial charge >= 0.3 is 5.97 Å². The third-order valence-electron chi connectivity index (χ3n) is 8.72. The first kappa shape index (κ1) is 23.2. The molecule has 34 heavy (non-hydrogen) atoms. The molecule has 7 heteroatoms. The number of hydrogen-bond donors (Lipinski definition) is 1. The Morgan fingerprint density at radius 1 is 1.06 bits per heavy atom. The summed E-state index contributed by atoms with van der Waals surface area (Å²) in [6.45, 7) is 10.5. The van der Waals surface area contributed by atoms with E-state index in [-0.39, 0.29) is 27.7 Å². The second kappa shape index (κ2) is 7.75. The Morgan fingerprint density at radius 3 is 2.41 bits per heavy atom. The van der Waals surface area contributed by atoms with E-state index in [1.807, 2.05) is 38.1 Å². The van der Waals surface area contributed by atoms with E-state index >= 15 is 0 Å². The molecule has 0 spiro atoms. The number of rotatable bonds is 5. The summed E-state index contributed by atoms with van der Waals surface area (Å²) < 4.78 is 35.6. The van der Waals surface area contributed by atoms with E-state index in [0.717, 1.165) is 35.2 Å². The van der Waals surface area contributed by atoms with Crippen LogP contribution in [0.1, 0.15) is 56.3 Å². The summed E-state index contributed by atoms with van der Waals surface area (Å²) in [5, 5.41) is 0. The first-order valence-electron chi connectivity index (χ1n) is 11.9. The molecule has 180 valence electrons. The fourth-order valence-corrected chi connectivity index (χ4v) is 7.40. The maximum atomic E-state index is 13.4. The molecule has 2 bridgehead atoms. The Morgan fingerprint density at radius 2 is 1.74 bits per heavy atom. The number of sulfonamides is 1. The Hall–Kier alpha value is -2.51. The number of nitrogens with zero attached hydrogens (tertiary/aromatic N) is 1. The Bertz CT molecular complexity index is 1280. The first-order chi connectivity index (χ1) is 16.0. The fourth-order valence-electron chi connectivity index (χ4n) is 6.18. The van der Waals surface area contributed by atoms with E-state index < -0.39 is 28.1 Å². The lowest BCUT2D eigenvalue weighted by molar-refractivity contribution is -0.152. The lowest BCUT2D eigenvalue weighted by Crippen LogP contribution is -2.49. The van der Waals surface area contributed by atoms with Crippen molar-refractivity contribution in [1.29, 1.82) is 0 Å². The van der Waals surface area contributed by atoms with Crippen LogP contribution in [0.5, 0.6) is 0 Å². The summed E-state index contributed by atoms with van der Waals surface area (Å²) in [6, 6.07) is 12.3. The summed E-state index contributed by atoms with van der Waals surface area (Å²) in [5.41, 5.74) is 3.27. The minimum absolute atomic E-state index is 0.0365. The number of fused-ring (bicyclic) bond motifs is 5. The molecule has 2 saturated carbocycles. The summed E-state index contributed by atoms with van der Waals surface area (Å²) in [5.74, 6) is -0.233. The number of nitrogens with one attached hydrogen (secondary N) is 1. The van der Waals surface area contributed by atoms with Crippen molar-refractivity contribution in [1.82, 2.24) is 4.72 Å². The maximum Gasteiger partial charge on any atom is 0.333 e. The molecular formula is C27H32N2O4S. The number of aliphatic imine (C=N–C) groups is 1. The highest BCUT2D eigenvalue weighted by Gasteiger charge is 2.67. The van der Waals surface area contributed by atoms with Crippen molar-refractivity contribution < 1.29 is 17.9 Å². The van der Waals surface area contributed by atoms with Crippen LogP contribution < -0.4 is 4.72 Å². The van der Waals surface area contributed by atoms with Gasteiger partial charge in [0.25, 0.3) is 0 Å². The third kappa shape index (κ3) is 3.35. The van der Waals surface area contributed by atoms with Gasteiger partial charge < -0.3 is 4.74 Å². The lowest BCUT2D eigenvalue weighted by atomic mass is 9.70. The molecule has 5 rings (SSSR count). The predicted molar refractivity (Wildman–Crippen MR) is 131 cm³/mol. The van der Waals surface area contributed by atoms with Crippen LogP contribution in [0, 0.1) is 30.6 Å². The number of hydrogen-bond acceptors (Lipinski definition) is 5. The summed E-state index contributed by atoms with van der Waals surface area (Å²) in [6.07, 6.45) is 1.68. The number of carbonyl (C=O) groups is 1. The number of ether oxygens (including phenoxy) is 1. The fraction of sp³-hybridized carbons (Fsp3) is 0.481.